The van der Waals surface area contributed by atoms with Gasteiger partial charge >= 0.3 is 6.03 Å². The fraction of sp³-hybridized carbons (Fsp3) is 0.560. The maximum absolute atomic E-state index is 13.5. The predicted octanol–water partition coefficient (Wildman–Crippen LogP) is 4.13. The number of carbonyl (C=O) groups excluding carboxylic acids is 1. The average Bonchev–Trinajstić information content (AvgIpc) is 3.51. The molecule has 0 saturated carbocycles. The molecule has 0 aliphatic carbocycles. The van der Waals surface area contributed by atoms with Crippen molar-refractivity contribution in [3.05, 3.63) is 58.0 Å². The standard InChI is InChI=1S/C25H36FN5OS/c1-30(11-3-7-22-16-24(29-28-22)20-5-2-6-21(26)15-20)25(32)27-17-19-9-12-31(13-10-19)18-23-8-4-14-33-23/h2,4-6,8,14-15,19,22,24,28-29H,3,7,9-13,16-18H2,1H3,(H,27,32). The summed E-state index contributed by atoms with van der Waals surface area (Å²) in [6.07, 6.45) is 5.11. The molecule has 180 valence electrons. The number of rotatable bonds is 9. The number of nitrogens with zero attached hydrogens (tertiary/aromatic N) is 2. The van der Waals surface area contributed by atoms with Crippen molar-refractivity contribution in [1.29, 1.82) is 0 Å². The fourth-order valence-electron chi connectivity index (χ4n) is 4.77. The van der Waals surface area contributed by atoms with E-state index >= 15 is 0 Å². The molecule has 2 amide bonds. The van der Waals surface area contributed by atoms with Crippen LogP contribution in [0.3, 0.4) is 0 Å². The Bertz CT molecular complexity index is 871. The van der Waals surface area contributed by atoms with Crippen LogP contribution in [0.15, 0.2) is 41.8 Å². The van der Waals surface area contributed by atoms with Crippen molar-refractivity contribution in [1.82, 2.24) is 26.0 Å². The van der Waals surface area contributed by atoms with Crippen LogP contribution in [0.5, 0.6) is 0 Å². The van der Waals surface area contributed by atoms with E-state index in [-0.39, 0.29) is 17.9 Å². The van der Waals surface area contributed by atoms with Gasteiger partial charge in [0, 0.05) is 43.6 Å². The molecule has 3 N–H and O–H groups in total. The number of hydrogen-bond donors (Lipinski definition) is 3. The molecular formula is C25H36FN5OS. The zero-order valence-corrected chi connectivity index (χ0v) is 20.2. The molecule has 33 heavy (non-hydrogen) atoms. The Hall–Kier alpha value is -2.00. The first-order chi connectivity index (χ1) is 16.1. The highest BCUT2D eigenvalue weighted by Crippen LogP contribution is 2.24. The van der Waals surface area contributed by atoms with Crippen molar-refractivity contribution in [2.24, 2.45) is 5.92 Å². The SMILES string of the molecule is CN(CCCC1CC(c2cccc(F)c2)NN1)C(=O)NCC1CCN(Cc2cccs2)CC1. The van der Waals surface area contributed by atoms with Crippen LogP contribution in [-0.2, 0) is 6.54 Å². The maximum atomic E-state index is 13.5. The van der Waals surface area contributed by atoms with Crippen LogP contribution >= 0.6 is 11.3 Å². The quantitative estimate of drug-likeness (QED) is 0.513. The summed E-state index contributed by atoms with van der Waals surface area (Å²) >= 11 is 1.82. The molecule has 2 saturated heterocycles. The van der Waals surface area contributed by atoms with Gasteiger partial charge in [-0.25, -0.2) is 9.18 Å². The van der Waals surface area contributed by atoms with E-state index in [2.05, 4.69) is 38.6 Å². The molecule has 0 radical (unpaired) electrons. The van der Waals surface area contributed by atoms with Crippen molar-refractivity contribution in [3.8, 4) is 0 Å². The van der Waals surface area contributed by atoms with Gasteiger partial charge in [-0.05, 0) is 80.3 Å². The van der Waals surface area contributed by atoms with E-state index in [1.165, 1.54) is 10.9 Å². The smallest absolute Gasteiger partial charge is 0.317 e. The van der Waals surface area contributed by atoms with E-state index < -0.39 is 0 Å². The second-order valence-electron chi connectivity index (χ2n) is 9.38. The zero-order valence-electron chi connectivity index (χ0n) is 19.4. The van der Waals surface area contributed by atoms with Crippen LogP contribution < -0.4 is 16.2 Å². The van der Waals surface area contributed by atoms with Gasteiger partial charge in [-0.3, -0.25) is 15.8 Å². The Morgan fingerprint density at radius 2 is 2.09 bits per heavy atom. The number of benzene rings is 1. The van der Waals surface area contributed by atoms with Gasteiger partial charge < -0.3 is 10.2 Å². The molecule has 8 heteroatoms. The molecule has 0 spiro atoms. The highest BCUT2D eigenvalue weighted by molar-refractivity contribution is 7.09. The first-order valence-electron chi connectivity index (χ1n) is 12.1. The summed E-state index contributed by atoms with van der Waals surface area (Å²) in [5, 5.41) is 5.27. The van der Waals surface area contributed by atoms with E-state index in [4.69, 9.17) is 0 Å². The van der Waals surface area contributed by atoms with Crippen LogP contribution in [0.25, 0.3) is 0 Å². The highest BCUT2D eigenvalue weighted by atomic mass is 32.1. The summed E-state index contributed by atoms with van der Waals surface area (Å²) in [6, 6.07) is 11.6. The molecule has 4 rings (SSSR count). The molecule has 2 atom stereocenters. The largest absolute Gasteiger partial charge is 0.338 e. The van der Waals surface area contributed by atoms with E-state index in [0.29, 0.717) is 12.0 Å². The first kappa shape index (κ1) is 24.1. The molecule has 2 aliphatic rings. The minimum absolute atomic E-state index is 0.0196. The lowest BCUT2D eigenvalue weighted by molar-refractivity contribution is 0.171. The van der Waals surface area contributed by atoms with Crippen LogP contribution in [-0.4, -0.2) is 55.1 Å². The third-order valence-corrected chi connectivity index (χ3v) is 7.70. The minimum Gasteiger partial charge on any atom is -0.338 e. The molecule has 2 unspecified atom stereocenters. The fourth-order valence-corrected chi connectivity index (χ4v) is 5.51. The molecule has 6 nitrogen and oxygen atoms in total. The van der Waals surface area contributed by atoms with E-state index in [9.17, 15) is 9.18 Å². The summed E-state index contributed by atoms with van der Waals surface area (Å²) in [5.74, 6) is 0.366. The number of likely N-dealkylation sites (tertiary alicyclic amines) is 1. The Morgan fingerprint density at radius 3 is 2.85 bits per heavy atom. The summed E-state index contributed by atoms with van der Waals surface area (Å²) in [4.78, 5) is 18.2. The highest BCUT2D eigenvalue weighted by Gasteiger charge is 2.25. The molecule has 1 aromatic carbocycles. The van der Waals surface area contributed by atoms with E-state index in [1.807, 2.05) is 24.5 Å². The van der Waals surface area contributed by atoms with Gasteiger partial charge in [0.2, 0.25) is 0 Å². The van der Waals surface area contributed by atoms with Gasteiger partial charge in [-0.1, -0.05) is 18.2 Å². The molecule has 1 aromatic heterocycles. The Morgan fingerprint density at radius 1 is 1.24 bits per heavy atom. The van der Waals surface area contributed by atoms with Crippen molar-refractivity contribution in [2.75, 3.05) is 33.2 Å². The summed E-state index contributed by atoms with van der Waals surface area (Å²) in [5.41, 5.74) is 7.56. The lowest BCUT2D eigenvalue weighted by atomic mass is 9.97. The van der Waals surface area contributed by atoms with E-state index in [0.717, 1.165) is 70.4 Å². The number of urea groups is 1. The number of halogens is 1. The van der Waals surface area contributed by atoms with Gasteiger partial charge in [-0.2, -0.15) is 0 Å². The van der Waals surface area contributed by atoms with Crippen LogP contribution in [0.1, 0.15) is 48.6 Å². The second-order valence-corrected chi connectivity index (χ2v) is 10.4. The number of thiophene rings is 1. The summed E-state index contributed by atoms with van der Waals surface area (Å²) in [6.45, 7) is 4.75. The zero-order chi connectivity index (χ0) is 23.0. The van der Waals surface area contributed by atoms with Gasteiger partial charge in [-0.15, -0.1) is 11.3 Å². The topological polar surface area (TPSA) is 59.6 Å². The summed E-state index contributed by atoms with van der Waals surface area (Å²) in [7, 11) is 1.87. The Kier molecular flexibility index (Phi) is 8.72. The molecule has 2 aliphatic heterocycles. The number of piperidine rings is 1. The number of hydrogen-bond acceptors (Lipinski definition) is 5. The number of nitrogens with one attached hydrogen (secondary N) is 3. The van der Waals surface area contributed by atoms with E-state index in [1.54, 1.807) is 17.0 Å². The number of carbonyl (C=O) groups is 1. The molecule has 3 heterocycles. The molecule has 2 fully saturated rings. The van der Waals surface area contributed by atoms with Crippen molar-refractivity contribution in [2.45, 2.75) is 50.7 Å². The number of amides is 2. The van der Waals surface area contributed by atoms with Gasteiger partial charge in [0.15, 0.2) is 0 Å². The second kappa shape index (κ2) is 11.9. The average molecular weight is 474 g/mol. The minimum atomic E-state index is -0.200. The lowest BCUT2D eigenvalue weighted by Crippen LogP contribution is -2.43. The Labute approximate surface area is 200 Å². The summed E-state index contributed by atoms with van der Waals surface area (Å²) < 4.78 is 13.5. The molecule has 2 aromatic rings. The third kappa shape index (κ3) is 7.24. The van der Waals surface area contributed by atoms with Crippen molar-refractivity contribution in [3.63, 3.8) is 0 Å². The Balaban J connectivity index is 1.08. The first-order valence-corrected chi connectivity index (χ1v) is 12.9. The number of hydrazine groups is 1. The monoisotopic (exact) mass is 473 g/mol. The molecule has 0 bridgehead atoms. The van der Waals surface area contributed by atoms with Crippen LogP contribution in [0, 0.1) is 11.7 Å². The lowest BCUT2D eigenvalue weighted by Gasteiger charge is -2.32. The maximum Gasteiger partial charge on any atom is 0.317 e. The van der Waals surface area contributed by atoms with Crippen LogP contribution in [0.4, 0.5) is 9.18 Å². The van der Waals surface area contributed by atoms with Crippen molar-refractivity contribution < 1.29 is 9.18 Å². The van der Waals surface area contributed by atoms with Crippen molar-refractivity contribution >= 4 is 17.4 Å². The predicted molar refractivity (Wildman–Crippen MR) is 131 cm³/mol. The normalized spacial score (nSPS) is 21.9. The van der Waals surface area contributed by atoms with Crippen LogP contribution in [0.2, 0.25) is 0 Å². The van der Waals surface area contributed by atoms with Gasteiger partial charge in [0.05, 0.1) is 0 Å². The molecular weight excluding hydrogens is 437 g/mol. The van der Waals surface area contributed by atoms with Gasteiger partial charge in [0.25, 0.3) is 0 Å². The third-order valence-electron chi connectivity index (χ3n) is 6.83. The van der Waals surface area contributed by atoms with Gasteiger partial charge in [0.1, 0.15) is 5.82 Å².